The Morgan fingerprint density at radius 2 is 2.18 bits per heavy atom. The molecule has 0 spiro atoms. The monoisotopic (exact) mass is 384 g/mol. The number of cyclic esters (lactones) is 1. The number of halogens is 1. The third-order valence-electron chi connectivity index (χ3n) is 5.04. The molecule has 2 aliphatic heterocycles. The lowest BCUT2D eigenvalue weighted by atomic mass is 10.1. The largest absolute Gasteiger partial charge is 0.442 e. The molecule has 4 rings (SSSR count). The van der Waals surface area contributed by atoms with Crippen LogP contribution in [0.25, 0.3) is 0 Å². The highest BCUT2D eigenvalue weighted by molar-refractivity contribution is 5.91. The standard InChI is InChI=1S/C20H21FN4O3/c1-12-6-19(24-9-14-4-3-5-22-17(14)11-24)16(21)7-18(12)25-10-15(28-20(25)27)8-23-13(2)26/h3-7,15H,8-11H2,1-2H3,(H,23,26)/t15-/m0/s1. The molecule has 0 bridgehead atoms. The number of nitrogens with one attached hydrogen (secondary N) is 1. The molecule has 3 heterocycles. The Labute approximate surface area is 162 Å². The number of pyridine rings is 1. The molecule has 2 aliphatic rings. The molecule has 0 saturated carbocycles. The summed E-state index contributed by atoms with van der Waals surface area (Å²) in [5, 5.41) is 2.63. The molecule has 1 aromatic carbocycles. The fraction of sp³-hybridized carbons (Fsp3) is 0.350. The van der Waals surface area contributed by atoms with Crippen molar-refractivity contribution in [3.63, 3.8) is 0 Å². The van der Waals surface area contributed by atoms with Crippen LogP contribution in [-0.2, 0) is 22.6 Å². The summed E-state index contributed by atoms with van der Waals surface area (Å²) in [5.74, 6) is -0.589. The number of carbonyl (C=O) groups is 2. The zero-order valence-corrected chi connectivity index (χ0v) is 15.7. The molecule has 1 fully saturated rings. The molecule has 7 nitrogen and oxygen atoms in total. The third-order valence-corrected chi connectivity index (χ3v) is 5.04. The van der Waals surface area contributed by atoms with Crippen LogP contribution in [0.15, 0.2) is 30.5 Å². The molecule has 1 saturated heterocycles. The third kappa shape index (κ3) is 3.37. The van der Waals surface area contributed by atoms with E-state index >= 15 is 0 Å². The van der Waals surface area contributed by atoms with Crippen molar-refractivity contribution in [2.45, 2.75) is 33.0 Å². The second-order valence-corrected chi connectivity index (χ2v) is 7.11. The Balaban J connectivity index is 1.54. The van der Waals surface area contributed by atoms with E-state index in [0.29, 0.717) is 24.5 Å². The van der Waals surface area contributed by atoms with Crippen molar-refractivity contribution < 1.29 is 18.7 Å². The fourth-order valence-corrected chi connectivity index (χ4v) is 3.64. The van der Waals surface area contributed by atoms with Gasteiger partial charge in [-0.1, -0.05) is 6.07 Å². The zero-order chi connectivity index (χ0) is 19.8. The van der Waals surface area contributed by atoms with Crippen LogP contribution in [0.3, 0.4) is 0 Å². The van der Waals surface area contributed by atoms with Gasteiger partial charge < -0.3 is 15.0 Å². The maximum absolute atomic E-state index is 14.9. The highest BCUT2D eigenvalue weighted by atomic mass is 19.1. The van der Waals surface area contributed by atoms with Gasteiger partial charge in [0.1, 0.15) is 11.9 Å². The van der Waals surface area contributed by atoms with Crippen molar-refractivity contribution in [3.8, 4) is 0 Å². The minimum atomic E-state index is -0.539. The van der Waals surface area contributed by atoms with Gasteiger partial charge in [0.2, 0.25) is 5.91 Å². The van der Waals surface area contributed by atoms with E-state index in [2.05, 4.69) is 10.3 Å². The molecular weight excluding hydrogens is 363 g/mol. The molecule has 2 amide bonds. The molecule has 1 N–H and O–H groups in total. The van der Waals surface area contributed by atoms with Gasteiger partial charge >= 0.3 is 6.09 Å². The molecule has 2 aromatic rings. The Morgan fingerprint density at radius 1 is 1.36 bits per heavy atom. The molecule has 8 heteroatoms. The lowest BCUT2D eigenvalue weighted by Gasteiger charge is -2.22. The SMILES string of the molecule is CC(=O)NC[C@H]1CN(c2cc(F)c(N3Cc4cccnc4C3)cc2C)C(=O)O1. The van der Waals surface area contributed by atoms with Gasteiger partial charge in [-0.3, -0.25) is 14.7 Å². The molecule has 146 valence electrons. The molecule has 0 radical (unpaired) electrons. The van der Waals surface area contributed by atoms with E-state index in [1.165, 1.54) is 17.9 Å². The van der Waals surface area contributed by atoms with Gasteiger partial charge in [0.25, 0.3) is 0 Å². The van der Waals surface area contributed by atoms with Crippen LogP contribution in [0.5, 0.6) is 0 Å². The van der Waals surface area contributed by atoms with Crippen LogP contribution < -0.4 is 15.1 Å². The first-order valence-corrected chi connectivity index (χ1v) is 9.13. The topological polar surface area (TPSA) is 74.8 Å². The summed E-state index contributed by atoms with van der Waals surface area (Å²) < 4.78 is 20.2. The van der Waals surface area contributed by atoms with Gasteiger partial charge in [-0.05, 0) is 30.2 Å². The predicted molar refractivity (Wildman–Crippen MR) is 102 cm³/mol. The van der Waals surface area contributed by atoms with Gasteiger partial charge in [-0.2, -0.15) is 0 Å². The lowest BCUT2D eigenvalue weighted by molar-refractivity contribution is -0.119. The van der Waals surface area contributed by atoms with Crippen molar-refractivity contribution in [3.05, 3.63) is 53.1 Å². The number of hydrogen-bond donors (Lipinski definition) is 1. The highest BCUT2D eigenvalue weighted by Gasteiger charge is 2.34. The van der Waals surface area contributed by atoms with Gasteiger partial charge in [0.05, 0.1) is 36.7 Å². The molecule has 1 aromatic heterocycles. The number of amides is 2. The van der Waals surface area contributed by atoms with Crippen molar-refractivity contribution in [2.24, 2.45) is 0 Å². The van der Waals surface area contributed by atoms with Crippen molar-refractivity contribution in [1.29, 1.82) is 0 Å². The lowest BCUT2D eigenvalue weighted by Crippen LogP contribution is -2.33. The van der Waals surface area contributed by atoms with Gasteiger partial charge in [0, 0.05) is 25.7 Å². The number of aromatic nitrogens is 1. The van der Waals surface area contributed by atoms with E-state index in [-0.39, 0.29) is 19.0 Å². The molecule has 1 atom stereocenters. The first-order valence-electron chi connectivity index (χ1n) is 9.13. The van der Waals surface area contributed by atoms with E-state index < -0.39 is 18.0 Å². The number of rotatable bonds is 4. The van der Waals surface area contributed by atoms with Gasteiger partial charge in [0.15, 0.2) is 0 Å². The second kappa shape index (κ2) is 7.10. The number of anilines is 2. The summed E-state index contributed by atoms with van der Waals surface area (Å²) in [6, 6.07) is 7.01. The molecule has 0 aliphatic carbocycles. The second-order valence-electron chi connectivity index (χ2n) is 7.11. The number of hydrogen-bond acceptors (Lipinski definition) is 5. The minimum absolute atomic E-state index is 0.192. The first-order chi connectivity index (χ1) is 13.4. The molecule has 0 unspecified atom stereocenters. The smallest absolute Gasteiger partial charge is 0.414 e. The Hall–Kier alpha value is -3.16. The number of benzene rings is 1. The van der Waals surface area contributed by atoms with Gasteiger partial charge in [-0.15, -0.1) is 0 Å². The quantitative estimate of drug-likeness (QED) is 0.877. The fourth-order valence-electron chi connectivity index (χ4n) is 3.64. The van der Waals surface area contributed by atoms with Crippen LogP contribution in [0, 0.1) is 12.7 Å². The number of carbonyl (C=O) groups excluding carboxylic acids is 2. The van der Waals surface area contributed by atoms with Crippen LogP contribution in [0.2, 0.25) is 0 Å². The number of aryl methyl sites for hydroxylation is 1. The van der Waals surface area contributed by atoms with Crippen LogP contribution >= 0.6 is 0 Å². The Kier molecular flexibility index (Phi) is 4.62. The molecule has 28 heavy (non-hydrogen) atoms. The van der Waals surface area contributed by atoms with Gasteiger partial charge in [-0.25, -0.2) is 9.18 Å². The van der Waals surface area contributed by atoms with E-state index in [4.69, 9.17) is 4.74 Å². The highest BCUT2D eigenvalue weighted by Crippen LogP contribution is 2.34. The predicted octanol–water partition coefficient (Wildman–Crippen LogP) is 2.51. The van der Waals surface area contributed by atoms with Crippen molar-refractivity contribution in [2.75, 3.05) is 22.9 Å². The number of ether oxygens (including phenoxy) is 1. The van der Waals surface area contributed by atoms with E-state index in [1.54, 1.807) is 12.3 Å². The van der Waals surface area contributed by atoms with E-state index in [1.807, 2.05) is 24.0 Å². The molecular formula is C20H21FN4O3. The number of nitrogens with zero attached hydrogens (tertiary/aromatic N) is 3. The summed E-state index contributed by atoms with van der Waals surface area (Å²) >= 11 is 0. The summed E-state index contributed by atoms with van der Waals surface area (Å²) in [5.41, 5.74) is 3.78. The van der Waals surface area contributed by atoms with Crippen LogP contribution in [0.4, 0.5) is 20.6 Å². The normalized spacial score (nSPS) is 18.2. The maximum atomic E-state index is 14.9. The number of fused-ring (bicyclic) bond motifs is 1. The Morgan fingerprint density at radius 3 is 2.93 bits per heavy atom. The van der Waals surface area contributed by atoms with E-state index in [9.17, 15) is 14.0 Å². The summed E-state index contributed by atoms with van der Waals surface area (Å²) in [6.07, 6.45) is 0.740. The van der Waals surface area contributed by atoms with Crippen molar-refractivity contribution >= 4 is 23.4 Å². The van der Waals surface area contributed by atoms with Crippen molar-refractivity contribution in [1.82, 2.24) is 10.3 Å². The Bertz CT molecular complexity index is 924. The maximum Gasteiger partial charge on any atom is 0.414 e. The first kappa shape index (κ1) is 18.2. The average molecular weight is 384 g/mol. The zero-order valence-electron chi connectivity index (χ0n) is 15.7. The van der Waals surface area contributed by atoms with E-state index in [0.717, 1.165) is 16.8 Å². The van der Waals surface area contributed by atoms with Crippen LogP contribution in [-0.4, -0.2) is 36.2 Å². The minimum Gasteiger partial charge on any atom is -0.442 e. The summed E-state index contributed by atoms with van der Waals surface area (Å²) in [7, 11) is 0. The summed E-state index contributed by atoms with van der Waals surface area (Å²) in [6.45, 7) is 4.89. The van der Waals surface area contributed by atoms with Crippen LogP contribution in [0.1, 0.15) is 23.7 Å². The average Bonchev–Trinajstić information content (AvgIpc) is 3.24. The summed E-state index contributed by atoms with van der Waals surface area (Å²) in [4.78, 5) is 31.0.